The van der Waals surface area contributed by atoms with Crippen LogP contribution in [0.4, 0.5) is 17.1 Å². The van der Waals surface area contributed by atoms with Gasteiger partial charge in [0.05, 0.1) is 22.4 Å². The van der Waals surface area contributed by atoms with E-state index in [1.54, 1.807) is 0 Å². The molecule has 244 valence electrons. The second kappa shape index (κ2) is 12.5. The fraction of sp³-hybridized carbons (Fsp3) is 0. The Balaban J connectivity index is 1.06. The van der Waals surface area contributed by atoms with Crippen LogP contribution in [-0.4, -0.2) is 4.57 Å². The van der Waals surface area contributed by atoms with E-state index >= 15 is 0 Å². The zero-order valence-corrected chi connectivity index (χ0v) is 28.5. The molecule has 1 heterocycles. The van der Waals surface area contributed by atoms with Crippen LogP contribution in [0.2, 0.25) is 0 Å². The summed E-state index contributed by atoms with van der Waals surface area (Å²) in [5.41, 5.74) is 11.8. The summed E-state index contributed by atoms with van der Waals surface area (Å²) in [4.78, 5) is 2.37. The number of rotatable bonds is 6. The van der Waals surface area contributed by atoms with Gasteiger partial charge < -0.3 is 9.47 Å². The minimum Gasteiger partial charge on any atom is -0.310 e. The van der Waals surface area contributed by atoms with Crippen LogP contribution < -0.4 is 4.90 Å². The second-order valence-corrected chi connectivity index (χ2v) is 13.4. The van der Waals surface area contributed by atoms with Gasteiger partial charge in [-0.25, -0.2) is 0 Å². The first-order valence-electron chi connectivity index (χ1n) is 17.9. The van der Waals surface area contributed by atoms with Crippen LogP contribution in [0.3, 0.4) is 0 Å². The number of hydrogen-bond donors (Lipinski definition) is 0. The molecule has 52 heavy (non-hydrogen) atoms. The number of hydrogen-bond acceptors (Lipinski definition) is 1. The maximum absolute atomic E-state index is 2.42. The number of benzene rings is 9. The van der Waals surface area contributed by atoms with Gasteiger partial charge in [-0.15, -0.1) is 0 Å². The van der Waals surface area contributed by atoms with Gasteiger partial charge in [-0.2, -0.15) is 0 Å². The highest BCUT2D eigenvalue weighted by atomic mass is 15.1. The topological polar surface area (TPSA) is 8.17 Å². The number of nitrogens with zero attached hydrogens (tertiary/aromatic N) is 2. The molecule has 9 aromatic carbocycles. The molecule has 0 N–H and O–H groups in total. The Hall–Kier alpha value is -6.90. The predicted octanol–water partition coefficient (Wildman–Crippen LogP) is 13.9. The van der Waals surface area contributed by atoms with E-state index in [9.17, 15) is 0 Å². The van der Waals surface area contributed by atoms with E-state index in [4.69, 9.17) is 0 Å². The summed E-state index contributed by atoms with van der Waals surface area (Å²) >= 11 is 0. The van der Waals surface area contributed by atoms with Crippen molar-refractivity contribution in [1.82, 2.24) is 4.57 Å². The number of para-hydroxylation sites is 3. The standard InChI is InChI=1S/C50H34N2/c1-2-17-41(18-3-1)51(42-31-29-35-13-4-5-15-39(35)33-42)47-22-10-8-20-44(47)38-27-25-36(26-28-38)40-30-32-50-46(34-40)45-21-9-11-23-49(45)52(50)48-24-12-16-37-14-6-7-19-43(37)48/h1-34H. The van der Waals surface area contributed by atoms with Crippen LogP contribution in [0, 0.1) is 0 Å². The molecule has 10 rings (SSSR count). The van der Waals surface area contributed by atoms with Gasteiger partial charge in [-0.3, -0.25) is 0 Å². The molecule has 0 saturated carbocycles. The Morgan fingerprint density at radius 2 is 0.962 bits per heavy atom. The third-order valence-corrected chi connectivity index (χ3v) is 10.4. The molecule has 0 saturated heterocycles. The van der Waals surface area contributed by atoms with Crippen LogP contribution in [0.25, 0.3) is 71.3 Å². The summed E-state index contributed by atoms with van der Waals surface area (Å²) in [5, 5.41) is 7.46. The van der Waals surface area contributed by atoms with E-state index in [-0.39, 0.29) is 0 Å². The molecule has 2 nitrogen and oxygen atoms in total. The van der Waals surface area contributed by atoms with Crippen LogP contribution in [0.15, 0.2) is 206 Å². The lowest BCUT2D eigenvalue weighted by Gasteiger charge is -2.28. The van der Waals surface area contributed by atoms with Crippen molar-refractivity contribution >= 4 is 60.4 Å². The van der Waals surface area contributed by atoms with Gasteiger partial charge >= 0.3 is 0 Å². The Labute approximate surface area is 303 Å². The number of fused-ring (bicyclic) bond motifs is 5. The molecule has 10 aromatic rings. The highest BCUT2D eigenvalue weighted by molar-refractivity contribution is 6.11. The first-order chi connectivity index (χ1) is 25.8. The van der Waals surface area contributed by atoms with Crippen molar-refractivity contribution in [2.75, 3.05) is 4.90 Å². The Bertz CT molecular complexity index is 2900. The zero-order valence-electron chi connectivity index (χ0n) is 28.5. The lowest BCUT2D eigenvalue weighted by Crippen LogP contribution is -2.11. The lowest BCUT2D eigenvalue weighted by molar-refractivity contribution is 1.20. The summed E-state index contributed by atoms with van der Waals surface area (Å²) in [6.45, 7) is 0. The van der Waals surface area contributed by atoms with Crippen molar-refractivity contribution in [2.24, 2.45) is 0 Å². The van der Waals surface area contributed by atoms with Gasteiger partial charge in [-0.05, 0) is 87.4 Å². The summed E-state index contributed by atoms with van der Waals surface area (Å²) in [6.07, 6.45) is 0. The van der Waals surface area contributed by atoms with Gasteiger partial charge in [0, 0.05) is 33.1 Å². The molecular weight excluding hydrogens is 629 g/mol. The van der Waals surface area contributed by atoms with E-state index in [0.717, 1.165) is 17.1 Å². The van der Waals surface area contributed by atoms with E-state index in [1.165, 1.54) is 71.3 Å². The quantitative estimate of drug-likeness (QED) is 0.172. The average Bonchev–Trinajstić information content (AvgIpc) is 3.55. The molecular formula is C50H34N2. The van der Waals surface area contributed by atoms with E-state index < -0.39 is 0 Å². The zero-order chi connectivity index (χ0) is 34.4. The molecule has 0 aliphatic heterocycles. The predicted molar refractivity (Wildman–Crippen MR) is 221 cm³/mol. The Morgan fingerprint density at radius 1 is 0.327 bits per heavy atom. The van der Waals surface area contributed by atoms with Crippen LogP contribution in [0.5, 0.6) is 0 Å². The second-order valence-electron chi connectivity index (χ2n) is 13.4. The maximum Gasteiger partial charge on any atom is 0.0541 e. The maximum atomic E-state index is 2.42. The molecule has 0 unspecified atom stereocenters. The van der Waals surface area contributed by atoms with Crippen molar-refractivity contribution in [3.05, 3.63) is 206 Å². The SMILES string of the molecule is c1ccc(N(c2ccc3ccccc3c2)c2ccccc2-c2ccc(-c3ccc4c(c3)c3ccccc3n4-c3cccc4ccccc34)cc2)cc1. The van der Waals surface area contributed by atoms with Crippen molar-refractivity contribution in [3.8, 4) is 27.9 Å². The first kappa shape index (κ1) is 30.0. The van der Waals surface area contributed by atoms with E-state index in [0.29, 0.717) is 0 Å². The molecule has 0 aliphatic rings. The highest BCUT2D eigenvalue weighted by Gasteiger charge is 2.18. The van der Waals surface area contributed by atoms with E-state index in [2.05, 4.69) is 216 Å². The van der Waals surface area contributed by atoms with Gasteiger partial charge in [0.2, 0.25) is 0 Å². The van der Waals surface area contributed by atoms with Gasteiger partial charge in [0.15, 0.2) is 0 Å². The fourth-order valence-electron chi connectivity index (χ4n) is 7.89. The van der Waals surface area contributed by atoms with Gasteiger partial charge in [-0.1, -0.05) is 152 Å². The van der Waals surface area contributed by atoms with Crippen LogP contribution >= 0.6 is 0 Å². The van der Waals surface area contributed by atoms with Crippen molar-refractivity contribution < 1.29 is 0 Å². The first-order valence-corrected chi connectivity index (χ1v) is 17.9. The molecule has 0 spiro atoms. The normalized spacial score (nSPS) is 11.5. The molecule has 0 radical (unpaired) electrons. The van der Waals surface area contributed by atoms with Gasteiger partial charge in [0.1, 0.15) is 0 Å². The third kappa shape index (κ3) is 5.04. The van der Waals surface area contributed by atoms with E-state index in [1.807, 2.05) is 0 Å². The lowest BCUT2D eigenvalue weighted by atomic mass is 9.97. The molecule has 0 bridgehead atoms. The summed E-state index contributed by atoms with van der Waals surface area (Å²) in [6, 6.07) is 74.6. The summed E-state index contributed by atoms with van der Waals surface area (Å²) < 4.78 is 2.42. The highest BCUT2D eigenvalue weighted by Crippen LogP contribution is 2.42. The fourth-order valence-corrected chi connectivity index (χ4v) is 7.89. The molecule has 1 aromatic heterocycles. The smallest absolute Gasteiger partial charge is 0.0541 e. The third-order valence-electron chi connectivity index (χ3n) is 10.4. The molecule has 0 atom stereocenters. The van der Waals surface area contributed by atoms with Crippen LogP contribution in [-0.2, 0) is 0 Å². The molecule has 0 fully saturated rings. The average molecular weight is 663 g/mol. The molecule has 0 aliphatic carbocycles. The van der Waals surface area contributed by atoms with Crippen molar-refractivity contribution in [1.29, 1.82) is 0 Å². The number of anilines is 3. The molecule has 0 amide bonds. The monoisotopic (exact) mass is 662 g/mol. The Kier molecular flexibility index (Phi) is 7.18. The van der Waals surface area contributed by atoms with Crippen molar-refractivity contribution in [2.45, 2.75) is 0 Å². The minimum absolute atomic E-state index is 1.12. The van der Waals surface area contributed by atoms with Crippen molar-refractivity contribution in [3.63, 3.8) is 0 Å². The molecule has 2 heteroatoms. The van der Waals surface area contributed by atoms with Gasteiger partial charge in [0.25, 0.3) is 0 Å². The summed E-state index contributed by atoms with van der Waals surface area (Å²) in [7, 11) is 0. The largest absolute Gasteiger partial charge is 0.310 e. The minimum atomic E-state index is 1.12. The summed E-state index contributed by atoms with van der Waals surface area (Å²) in [5.74, 6) is 0. The number of aromatic nitrogens is 1. The van der Waals surface area contributed by atoms with Crippen LogP contribution in [0.1, 0.15) is 0 Å². The Morgan fingerprint density at radius 3 is 1.83 bits per heavy atom.